The third-order valence-corrected chi connectivity index (χ3v) is 4.64. The van der Waals surface area contributed by atoms with Gasteiger partial charge in [-0.2, -0.15) is 0 Å². The van der Waals surface area contributed by atoms with E-state index in [4.69, 9.17) is 14.2 Å². The number of carbonyl (C=O) groups is 4. The van der Waals surface area contributed by atoms with Crippen molar-refractivity contribution in [1.29, 1.82) is 0 Å². The third kappa shape index (κ3) is 11.9. The molecule has 0 spiro atoms. The molecule has 0 saturated carbocycles. The first-order valence-corrected chi connectivity index (χ1v) is 12.5. The Hall–Kier alpha value is -4.49. The SMILES string of the molecule is COC(=O)CN(C(=O)Cn1cc(CCN=C(NC(=O)OC(C)(C)C)NC(=O)OC(C)(C)C)nn1)c1ccccc1. The Labute approximate surface area is 233 Å². The predicted molar refractivity (Wildman–Crippen MR) is 146 cm³/mol. The number of esters is 1. The Morgan fingerprint density at radius 2 is 1.52 bits per heavy atom. The van der Waals surface area contributed by atoms with Crippen molar-refractivity contribution < 1.29 is 33.4 Å². The number of para-hydroxylation sites is 1. The van der Waals surface area contributed by atoms with Gasteiger partial charge in [0.2, 0.25) is 11.9 Å². The smallest absolute Gasteiger partial charge is 0.414 e. The predicted octanol–water partition coefficient (Wildman–Crippen LogP) is 2.43. The number of aliphatic imine (C=N–C) groups is 1. The summed E-state index contributed by atoms with van der Waals surface area (Å²) in [5, 5.41) is 12.8. The van der Waals surface area contributed by atoms with Crippen molar-refractivity contribution in [2.45, 2.75) is 65.7 Å². The van der Waals surface area contributed by atoms with E-state index >= 15 is 0 Å². The highest BCUT2D eigenvalue weighted by atomic mass is 16.6. The molecule has 1 heterocycles. The molecule has 0 aliphatic heterocycles. The summed E-state index contributed by atoms with van der Waals surface area (Å²) in [6.45, 7) is 9.88. The molecule has 1 aromatic heterocycles. The van der Waals surface area contributed by atoms with Gasteiger partial charge in [-0.15, -0.1) is 5.10 Å². The van der Waals surface area contributed by atoms with E-state index in [-0.39, 0.29) is 32.0 Å². The average Bonchev–Trinajstić information content (AvgIpc) is 3.27. The zero-order valence-corrected chi connectivity index (χ0v) is 23.9. The van der Waals surface area contributed by atoms with Gasteiger partial charge in [0.05, 0.1) is 12.8 Å². The molecule has 3 amide bonds. The number of anilines is 1. The first kappa shape index (κ1) is 31.7. The van der Waals surface area contributed by atoms with Gasteiger partial charge in [-0.05, 0) is 53.7 Å². The number of rotatable bonds is 8. The van der Waals surface area contributed by atoms with Crippen LogP contribution in [0.25, 0.3) is 0 Å². The largest absolute Gasteiger partial charge is 0.468 e. The molecule has 2 rings (SSSR count). The highest BCUT2D eigenvalue weighted by molar-refractivity contribution is 6.01. The van der Waals surface area contributed by atoms with Crippen LogP contribution in [0.15, 0.2) is 41.5 Å². The van der Waals surface area contributed by atoms with Gasteiger partial charge in [0.15, 0.2) is 0 Å². The second-order valence-electron chi connectivity index (χ2n) is 10.5. The quantitative estimate of drug-likeness (QED) is 0.214. The van der Waals surface area contributed by atoms with Crippen LogP contribution in [0.4, 0.5) is 15.3 Å². The number of nitrogens with one attached hydrogen (secondary N) is 2. The van der Waals surface area contributed by atoms with Crippen LogP contribution in [0.3, 0.4) is 0 Å². The molecule has 0 fully saturated rings. The highest BCUT2D eigenvalue weighted by Crippen LogP contribution is 2.14. The fraction of sp³-hybridized carbons (Fsp3) is 0.500. The summed E-state index contributed by atoms with van der Waals surface area (Å²) >= 11 is 0. The highest BCUT2D eigenvalue weighted by Gasteiger charge is 2.22. The summed E-state index contributed by atoms with van der Waals surface area (Å²) in [7, 11) is 1.25. The first-order chi connectivity index (χ1) is 18.6. The number of hydrogen-bond donors (Lipinski definition) is 2. The fourth-order valence-corrected chi connectivity index (χ4v) is 3.07. The molecule has 1 aromatic carbocycles. The summed E-state index contributed by atoms with van der Waals surface area (Å²) in [5.41, 5.74) is -0.478. The van der Waals surface area contributed by atoms with Gasteiger partial charge < -0.3 is 14.2 Å². The number of guanidine groups is 1. The summed E-state index contributed by atoms with van der Waals surface area (Å²) in [4.78, 5) is 54.8. The zero-order chi connectivity index (χ0) is 29.9. The van der Waals surface area contributed by atoms with Crippen molar-refractivity contribution in [2.75, 3.05) is 25.1 Å². The molecule has 2 N–H and O–H groups in total. The molecule has 14 nitrogen and oxygen atoms in total. The lowest BCUT2D eigenvalue weighted by atomic mass is 10.2. The van der Waals surface area contributed by atoms with E-state index < -0.39 is 35.3 Å². The monoisotopic (exact) mass is 559 g/mol. The van der Waals surface area contributed by atoms with Crippen molar-refractivity contribution in [3.63, 3.8) is 0 Å². The fourth-order valence-electron chi connectivity index (χ4n) is 3.07. The second-order valence-corrected chi connectivity index (χ2v) is 10.5. The van der Waals surface area contributed by atoms with Crippen LogP contribution in [0.2, 0.25) is 0 Å². The van der Waals surface area contributed by atoms with Crippen molar-refractivity contribution in [1.82, 2.24) is 25.6 Å². The molecule has 0 saturated heterocycles. The Morgan fingerprint density at radius 3 is 2.05 bits per heavy atom. The lowest BCUT2D eigenvalue weighted by Crippen LogP contribution is -2.47. The molecule has 2 aromatic rings. The topological polar surface area (TPSA) is 166 Å². The van der Waals surface area contributed by atoms with Crippen molar-refractivity contribution in [3.05, 3.63) is 42.2 Å². The lowest BCUT2D eigenvalue weighted by Gasteiger charge is -2.22. The van der Waals surface area contributed by atoms with E-state index in [0.29, 0.717) is 11.4 Å². The van der Waals surface area contributed by atoms with Gasteiger partial charge in [0, 0.05) is 24.8 Å². The second kappa shape index (κ2) is 14.1. The van der Waals surface area contributed by atoms with Crippen LogP contribution in [0.5, 0.6) is 0 Å². The Bertz CT molecular complexity index is 1170. The average molecular weight is 560 g/mol. The minimum absolute atomic E-state index is 0.103. The maximum atomic E-state index is 13.0. The molecule has 218 valence electrons. The Balaban J connectivity index is 2.07. The van der Waals surface area contributed by atoms with E-state index in [0.717, 1.165) is 0 Å². The van der Waals surface area contributed by atoms with Crippen LogP contribution < -0.4 is 15.5 Å². The standard InChI is InChI=1S/C26H37N7O7/c1-25(2,3)39-23(36)28-22(29-24(37)40-26(4,5)6)27-14-13-18-15-32(31-30-18)16-20(34)33(17-21(35)38-7)19-11-9-8-10-12-19/h8-12,15H,13-14,16-17H2,1-7H3,(H2,27,28,29,36,37). The maximum absolute atomic E-state index is 13.0. The van der Waals surface area contributed by atoms with Gasteiger partial charge in [-0.1, -0.05) is 23.4 Å². The maximum Gasteiger partial charge on any atom is 0.414 e. The molecule has 0 bridgehead atoms. The summed E-state index contributed by atoms with van der Waals surface area (Å²) < 4.78 is 16.5. The number of methoxy groups -OCH3 is 1. The summed E-state index contributed by atoms with van der Waals surface area (Å²) in [5.74, 6) is -1.12. The normalized spacial score (nSPS) is 11.2. The molecule has 0 aliphatic carbocycles. The number of ether oxygens (including phenoxy) is 3. The molecule has 0 radical (unpaired) electrons. The van der Waals surface area contributed by atoms with Gasteiger partial charge in [-0.25, -0.2) is 14.3 Å². The van der Waals surface area contributed by atoms with Gasteiger partial charge in [0.1, 0.15) is 24.3 Å². The van der Waals surface area contributed by atoms with Crippen molar-refractivity contribution in [2.24, 2.45) is 4.99 Å². The van der Waals surface area contributed by atoms with E-state index in [1.54, 1.807) is 78.1 Å². The zero-order valence-electron chi connectivity index (χ0n) is 23.9. The number of nitrogens with zero attached hydrogens (tertiary/aromatic N) is 5. The van der Waals surface area contributed by atoms with Crippen LogP contribution in [-0.4, -0.2) is 76.4 Å². The third-order valence-electron chi connectivity index (χ3n) is 4.64. The minimum Gasteiger partial charge on any atom is -0.468 e. The number of alkyl carbamates (subject to hydrolysis) is 2. The van der Waals surface area contributed by atoms with Crippen LogP contribution in [-0.2, 0) is 36.8 Å². The van der Waals surface area contributed by atoms with E-state index in [9.17, 15) is 19.2 Å². The number of amides is 3. The molecular weight excluding hydrogens is 522 g/mol. The van der Waals surface area contributed by atoms with E-state index in [2.05, 4.69) is 25.9 Å². The Morgan fingerprint density at radius 1 is 0.950 bits per heavy atom. The number of carbonyl (C=O) groups excluding carboxylic acids is 4. The van der Waals surface area contributed by atoms with E-state index in [1.807, 2.05) is 0 Å². The first-order valence-electron chi connectivity index (χ1n) is 12.5. The lowest BCUT2D eigenvalue weighted by molar-refractivity contribution is -0.140. The molecule has 0 unspecified atom stereocenters. The summed E-state index contributed by atoms with van der Waals surface area (Å²) in [6, 6.07) is 8.72. The van der Waals surface area contributed by atoms with Crippen LogP contribution >= 0.6 is 0 Å². The molecule has 0 atom stereocenters. The Kier molecular flexibility index (Phi) is 11.1. The van der Waals surface area contributed by atoms with Crippen molar-refractivity contribution >= 4 is 35.7 Å². The van der Waals surface area contributed by atoms with Gasteiger partial charge in [0.25, 0.3) is 0 Å². The van der Waals surface area contributed by atoms with Crippen LogP contribution in [0, 0.1) is 0 Å². The molecular formula is C26H37N7O7. The van der Waals surface area contributed by atoms with Crippen LogP contribution in [0.1, 0.15) is 47.2 Å². The van der Waals surface area contributed by atoms with Crippen molar-refractivity contribution in [3.8, 4) is 0 Å². The number of aromatic nitrogens is 3. The molecule has 14 heteroatoms. The minimum atomic E-state index is -0.804. The number of hydrogen-bond acceptors (Lipinski definition) is 10. The van der Waals surface area contributed by atoms with Gasteiger partial charge >= 0.3 is 18.2 Å². The number of benzene rings is 1. The van der Waals surface area contributed by atoms with Gasteiger partial charge in [-0.3, -0.25) is 30.1 Å². The van der Waals surface area contributed by atoms with E-state index in [1.165, 1.54) is 16.7 Å². The summed E-state index contributed by atoms with van der Waals surface area (Å²) in [6.07, 6.45) is 0.231. The molecule has 0 aliphatic rings. The molecule has 40 heavy (non-hydrogen) atoms.